The van der Waals surface area contributed by atoms with Crippen LogP contribution in [0.15, 0.2) is 224 Å². The van der Waals surface area contributed by atoms with Gasteiger partial charge >= 0.3 is 0 Å². The number of para-hydroxylation sites is 1. The van der Waals surface area contributed by atoms with Gasteiger partial charge in [-0.25, -0.2) is 0 Å². The maximum Gasteiger partial charge on any atom is 0.0540 e. The van der Waals surface area contributed by atoms with Crippen molar-refractivity contribution in [2.24, 2.45) is 0 Å². The van der Waals surface area contributed by atoms with Crippen LogP contribution in [0.1, 0.15) is 0 Å². The lowest BCUT2D eigenvalue weighted by molar-refractivity contribution is 1.28. The summed E-state index contributed by atoms with van der Waals surface area (Å²) in [5.74, 6) is 0. The van der Waals surface area contributed by atoms with E-state index < -0.39 is 0 Å². The highest BCUT2D eigenvalue weighted by atomic mass is 32.1. The number of fused-ring (bicyclic) bond motifs is 5. The lowest BCUT2D eigenvalue weighted by atomic mass is 9.95. The second-order valence-electron chi connectivity index (χ2n) is 14.9. The van der Waals surface area contributed by atoms with Crippen LogP contribution in [0.5, 0.6) is 0 Å². The van der Waals surface area contributed by atoms with Crippen LogP contribution < -0.4 is 4.90 Å². The summed E-state index contributed by atoms with van der Waals surface area (Å²) in [5, 5.41) is 7.64. The average Bonchev–Trinajstić information content (AvgIpc) is 3.69. The molecule has 0 aliphatic carbocycles. The molecule has 272 valence electrons. The van der Waals surface area contributed by atoms with Gasteiger partial charge in [-0.1, -0.05) is 188 Å². The molecule has 0 saturated carbocycles. The van der Waals surface area contributed by atoms with Gasteiger partial charge in [-0.05, 0) is 96.9 Å². The first-order chi connectivity index (χ1) is 28.8. The van der Waals surface area contributed by atoms with E-state index in [2.05, 4.69) is 229 Å². The van der Waals surface area contributed by atoms with Crippen LogP contribution in [0, 0.1) is 0 Å². The van der Waals surface area contributed by atoms with E-state index in [1.54, 1.807) is 0 Å². The highest BCUT2D eigenvalue weighted by molar-refractivity contribution is 7.26. The Morgan fingerprint density at radius 3 is 1.41 bits per heavy atom. The highest BCUT2D eigenvalue weighted by Gasteiger charge is 2.19. The number of hydrogen-bond acceptors (Lipinski definition) is 2. The Kier molecular flexibility index (Phi) is 8.42. The maximum atomic E-state index is 2.41. The molecule has 1 nitrogen and oxygen atoms in total. The minimum atomic E-state index is 1.10. The fraction of sp³-hybridized carbons (Fsp3) is 0. The van der Waals surface area contributed by atoms with Crippen molar-refractivity contribution in [3.63, 3.8) is 0 Å². The molecule has 0 aliphatic heterocycles. The number of nitrogens with zero attached hydrogens (tertiary/aromatic N) is 1. The first-order valence-corrected chi connectivity index (χ1v) is 20.7. The van der Waals surface area contributed by atoms with Crippen molar-refractivity contribution in [2.45, 2.75) is 0 Å². The molecule has 11 aromatic rings. The molecule has 0 amide bonds. The largest absolute Gasteiger partial charge is 0.310 e. The van der Waals surface area contributed by atoms with E-state index in [-0.39, 0.29) is 0 Å². The van der Waals surface area contributed by atoms with Gasteiger partial charge in [0, 0.05) is 37.1 Å². The second kappa shape index (κ2) is 14.4. The topological polar surface area (TPSA) is 3.24 Å². The molecular formula is C56H37NS. The zero-order valence-electron chi connectivity index (χ0n) is 31.7. The van der Waals surface area contributed by atoms with Crippen LogP contribution in [-0.2, 0) is 0 Å². The third kappa shape index (κ3) is 5.94. The van der Waals surface area contributed by atoms with Crippen molar-refractivity contribution in [3.8, 4) is 44.5 Å². The van der Waals surface area contributed by atoms with Crippen LogP contribution in [0.25, 0.3) is 86.2 Å². The van der Waals surface area contributed by atoms with Crippen LogP contribution >= 0.6 is 11.3 Å². The van der Waals surface area contributed by atoms with E-state index >= 15 is 0 Å². The summed E-state index contributed by atoms with van der Waals surface area (Å²) < 4.78 is 2.65. The van der Waals surface area contributed by atoms with Gasteiger partial charge in [-0.15, -0.1) is 11.3 Å². The summed E-state index contributed by atoms with van der Waals surface area (Å²) in [4.78, 5) is 2.41. The Hall–Kier alpha value is -7.26. The van der Waals surface area contributed by atoms with Gasteiger partial charge in [0.2, 0.25) is 0 Å². The number of anilines is 3. The predicted molar refractivity (Wildman–Crippen MR) is 251 cm³/mol. The smallest absolute Gasteiger partial charge is 0.0540 e. The summed E-state index contributed by atoms with van der Waals surface area (Å²) in [5.41, 5.74) is 13.1. The van der Waals surface area contributed by atoms with Gasteiger partial charge in [0.15, 0.2) is 0 Å². The molecule has 0 N–H and O–H groups in total. The first-order valence-electron chi connectivity index (χ1n) is 19.8. The fourth-order valence-corrected chi connectivity index (χ4v) is 9.91. The van der Waals surface area contributed by atoms with E-state index in [1.165, 1.54) is 86.2 Å². The molecule has 0 unspecified atom stereocenters. The fourth-order valence-electron chi connectivity index (χ4n) is 8.67. The van der Waals surface area contributed by atoms with Crippen LogP contribution in [0.4, 0.5) is 17.1 Å². The average molecular weight is 756 g/mol. The van der Waals surface area contributed by atoms with Crippen molar-refractivity contribution >= 4 is 70.1 Å². The van der Waals surface area contributed by atoms with E-state index in [4.69, 9.17) is 0 Å². The molecule has 10 aromatic carbocycles. The Labute approximate surface area is 342 Å². The van der Waals surface area contributed by atoms with Crippen molar-refractivity contribution in [2.75, 3.05) is 4.90 Å². The molecular weight excluding hydrogens is 719 g/mol. The normalized spacial score (nSPS) is 11.4. The Morgan fingerprint density at radius 1 is 0.276 bits per heavy atom. The quantitative estimate of drug-likeness (QED) is 0.157. The van der Waals surface area contributed by atoms with Gasteiger partial charge in [-0.2, -0.15) is 0 Å². The van der Waals surface area contributed by atoms with Crippen molar-refractivity contribution < 1.29 is 0 Å². The summed E-state index contributed by atoms with van der Waals surface area (Å²) in [6, 6.07) is 81.8. The molecule has 0 spiro atoms. The minimum Gasteiger partial charge on any atom is -0.310 e. The zero-order chi connectivity index (χ0) is 38.4. The Morgan fingerprint density at radius 2 is 0.707 bits per heavy atom. The van der Waals surface area contributed by atoms with Gasteiger partial charge < -0.3 is 4.90 Å². The molecule has 0 atom stereocenters. The number of benzene rings is 10. The SMILES string of the molecule is c1ccc(N(c2ccc(-c3ccc(-c4cccc5ccccc45)cc3)cc2)c2ccc(-c3cccc4c3sc3ccccc34)cc2)c(-c2cccc3ccccc23)c1. The first kappa shape index (κ1) is 34.0. The van der Waals surface area contributed by atoms with Crippen molar-refractivity contribution in [3.05, 3.63) is 224 Å². The molecule has 0 fully saturated rings. The monoisotopic (exact) mass is 755 g/mol. The molecule has 11 rings (SSSR count). The highest BCUT2D eigenvalue weighted by Crippen LogP contribution is 2.45. The maximum absolute atomic E-state index is 2.41. The summed E-state index contributed by atoms with van der Waals surface area (Å²) in [7, 11) is 0. The zero-order valence-corrected chi connectivity index (χ0v) is 32.5. The van der Waals surface area contributed by atoms with E-state index in [1.807, 2.05) is 11.3 Å². The number of thiophene rings is 1. The van der Waals surface area contributed by atoms with Gasteiger partial charge in [0.1, 0.15) is 0 Å². The van der Waals surface area contributed by atoms with Crippen molar-refractivity contribution in [1.29, 1.82) is 0 Å². The molecule has 0 bridgehead atoms. The van der Waals surface area contributed by atoms with Crippen LogP contribution in [-0.4, -0.2) is 0 Å². The number of rotatable bonds is 7. The summed E-state index contributed by atoms with van der Waals surface area (Å²) >= 11 is 1.88. The van der Waals surface area contributed by atoms with Crippen molar-refractivity contribution in [1.82, 2.24) is 0 Å². The van der Waals surface area contributed by atoms with Gasteiger partial charge in [-0.3, -0.25) is 0 Å². The van der Waals surface area contributed by atoms with Gasteiger partial charge in [0.25, 0.3) is 0 Å². The van der Waals surface area contributed by atoms with E-state index in [0.717, 1.165) is 17.1 Å². The molecule has 1 heterocycles. The molecule has 58 heavy (non-hydrogen) atoms. The second-order valence-corrected chi connectivity index (χ2v) is 15.9. The molecule has 0 saturated heterocycles. The summed E-state index contributed by atoms with van der Waals surface area (Å²) in [6.45, 7) is 0. The van der Waals surface area contributed by atoms with Gasteiger partial charge in [0.05, 0.1) is 5.69 Å². The Balaban J connectivity index is 1.00. The third-order valence-corrected chi connectivity index (χ3v) is 12.7. The molecule has 2 heteroatoms. The third-order valence-electron chi connectivity index (χ3n) is 11.5. The van der Waals surface area contributed by atoms with Crippen LogP contribution in [0.3, 0.4) is 0 Å². The lowest BCUT2D eigenvalue weighted by Crippen LogP contribution is -2.11. The van der Waals surface area contributed by atoms with E-state index in [0.29, 0.717) is 0 Å². The number of hydrogen-bond donors (Lipinski definition) is 0. The lowest BCUT2D eigenvalue weighted by Gasteiger charge is -2.28. The standard InChI is InChI=1S/C56H37NS/c1-3-16-46-40(12-1)14-9-20-47(46)42-28-26-38(27-29-42)39-30-34-44(35-31-39)57(54-24-7-5-18-51(54)50-22-10-15-41-13-2-4-17-48(41)50)45-36-32-43(33-37-45)49-21-11-23-53-52-19-6-8-25-55(52)58-56(49)53/h1-37H. The minimum absolute atomic E-state index is 1.10. The van der Waals surface area contributed by atoms with E-state index in [9.17, 15) is 0 Å². The molecule has 0 aliphatic rings. The molecule has 1 aromatic heterocycles. The summed E-state index contributed by atoms with van der Waals surface area (Å²) in [6.07, 6.45) is 0. The Bertz CT molecular complexity index is 3250. The predicted octanol–water partition coefficient (Wildman–Crippen LogP) is 16.5. The van der Waals surface area contributed by atoms with Crippen LogP contribution in [0.2, 0.25) is 0 Å². The molecule has 0 radical (unpaired) electrons.